The predicted molar refractivity (Wildman–Crippen MR) is 84.7 cm³/mol. The number of imidazole rings is 1. The Bertz CT molecular complexity index is 654. The van der Waals surface area contributed by atoms with Gasteiger partial charge in [0.1, 0.15) is 5.82 Å². The average molecular weight is 288 g/mol. The number of amides is 1. The maximum Gasteiger partial charge on any atom is 0.222 e. The topological polar surface area (TPSA) is 97.8 Å². The van der Waals surface area contributed by atoms with Crippen LogP contribution in [0.15, 0.2) is 18.2 Å². The van der Waals surface area contributed by atoms with E-state index < -0.39 is 12.0 Å². The summed E-state index contributed by atoms with van der Waals surface area (Å²) in [5.74, 6) is -0.185. The molecule has 2 unspecified atom stereocenters. The van der Waals surface area contributed by atoms with Crippen LogP contribution in [0, 0.1) is 5.92 Å². The van der Waals surface area contributed by atoms with Crippen molar-refractivity contribution in [1.29, 1.82) is 0 Å². The molecule has 21 heavy (non-hydrogen) atoms. The molecule has 114 valence electrons. The van der Waals surface area contributed by atoms with E-state index in [1.807, 2.05) is 13.0 Å². The van der Waals surface area contributed by atoms with Gasteiger partial charge in [-0.15, -0.1) is 0 Å². The smallest absolute Gasteiger partial charge is 0.222 e. The van der Waals surface area contributed by atoms with Crippen molar-refractivity contribution in [2.24, 2.45) is 17.4 Å². The number of aromatic nitrogens is 2. The highest BCUT2D eigenvalue weighted by Crippen LogP contribution is 2.27. The molecule has 0 spiro atoms. The van der Waals surface area contributed by atoms with Crippen LogP contribution >= 0.6 is 0 Å². The molecule has 0 aliphatic heterocycles. The number of carbonyl (C=O) groups excluding carboxylic acids is 1. The van der Waals surface area contributed by atoms with Gasteiger partial charge in [0.25, 0.3) is 0 Å². The highest BCUT2D eigenvalue weighted by molar-refractivity contribution is 5.79. The average Bonchev–Trinajstić information content (AvgIpc) is 2.80. The number of aromatic amines is 1. The number of nitrogens with zero attached hydrogens (tertiary/aromatic N) is 1. The quantitative estimate of drug-likeness (QED) is 0.805. The van der Waals surface area contributed by atoms with Crippen molar-refractivity contribution < 1.29 is 4.79 Å². The van der Waals surface area contributed by atoms with E-state index in [0.717, 1.165) is 11.0 Å². The number of H-pyrrole nitrogens is 1. The van der Waals surface area contributed by atoms with Crippen LogP contribution in [0.25, 0.3) is 11.0 Å². The summed E-state index contributed by atoms with van der Waals surface area (Å²) < 4.78 is 0. The largest absolute Gasteiger partial charge is 0.369 e. The first-order valence-electron chi connectivity index (χ1n) is 7.29. The fourth-order valence-corrected chi connectivity index (χ4v) is 2.48. The first-order valence-corrected chi connectivity index (χ1v) is 7.29. The summed E-state index contributed by atoms with van der Waals surface area (Å²) >= 11 is 0. The summed E-state index contributed by atoms with van der Waals surface area (Å²) in [7, 11) is 0. The van der Waals surface area contributed by atoms with Gasteiger partial charge in [-0.05, 0) is 29.5 Å². The molecule has 5 N–H and O–H groups in total. The highest BCUT2D eigenvalue weighted by atomic mass is 16.1. The summed E-state index contributed by atoms with van der Waals surface area (Å²) in [5.41, 5.74) is 14.6. The number of rotatable bonds is 4. The second-order valence-corrected chi connectivity index (χ2v) is 6.55. The SMILES string of the molecule is CCC(C(N)=O)C(N)c1nc2ccc(C(C)(C)C)cc2[nH]1. The Kier molecular flexibility index (Phi) is 4.05. The minimum absolute atomic E-state index is 0.0702. The van der Waals surface area contributed by atoms with E-state index >= 15 is 0 Å². The Morgan fingerprint density at radius 2 is 2.05 bits per heavy atom. The van der Waals surface area contributed by atoms with Gasteiger partial charge in [-0.2, -0.15) is 0 Å². The Balaban J connectivity index is 2.41. The van der Waals surface area contributed by atoms with Crippen LogP contribution in [0.4, 0.5) is 0 Å². The van der Waals surface area contributed by atoms with Crippen LogP contribution in [0.5, 0.6) is 0 Å². The van der Waals surface area contributed by atoms with Crippen molar-refractivity contribution in [2.75, 3.05) is 0 Å². The molecule has 1 heterocycles. The van der Waals surface area contributed by atoms with Crippen molar-refractivity contribution in [3.8, 4) is 0 Å². The predicted octanol–water partition coefficient (Wildman–Crippen LogP) is 2.37. The zero-order valence-corrected chi connectivity index (χ0v) is 13.1. The van der Waals surface area contributed by atoms with Crippen molar-refractivity contribution in [3.05, 3.63) is 29.6 Å². The Labute approximate surface area is 125 Å². The van der Waals surface area contributed by atoms with Gasteiger partial charge >= 0.3 is 0 Å². The Morgan fingerprint density at radius 1 is 1.38 bits per heavy atom. The molecule has 0 fully saturated rings. The molecule has 0 radical (unpaired) electrons. The van der Waals surface area contributed by atoms with Gasteiger partial charge in [-0.1, -0.05) is 33.8 Å². The molecular weight excluding hydrogens is 264 g/mol. The maximum absolute atomic E-state index is 11.4. The number of nitrogens with two attached hydrogens (primary N) is 2. The van der Waals surface area contributed by atoms with Crippen LogP contribution in [-0.2, 0) is 10.2 Å². The second-order valence-electron chi connectivity index (χ2n) is 6.55. The zero-order valence-electron chi connectivity index (χ0n) is 13.1. The summed E-state index contributed by atoms with van der Waals surface area (Å²) in [6.45, 7) is 8.39. The summed E-state index contributed by atoms with van der Waals surface area (Å²) in [4.78, 5) is 19.2. The highest BCUT2D eigenvalue weighted by Gasteiger charge is 2.25. The molecule has 2 atom stereocenters. The molecule has 5 heteroatoms. The molecule has 0 saturated heterocycles. The summed E-state index contributed by atoms with van der Waals surface area (Å²) in [6, 6.07) is 5.64. The normalized spacial score (nSPS) is 15.1. The van der Waals surface area contributed by atoms with Gasteiger partial charge in [0.15, 0.2) is 0 Å². The van der Waals surface area contributed by atoms with Gasteiger partial charge in [-0.3, -0.25) is 4.79 Å². The number of primary amides is 1. The molecule has 0 aliphatic carbocycles. The van der Waals surface area contributed by atoms with Crippen LogP contribution < -0.4 is 11.5 Å². The van der Waals surface area contributed by atoms with Gasteiger partial charge in [0, 0.05) is 0 Å². The standard InChI is InChI=1S/C16H24N4O/c1-5-10(14(18)21)13(17)15-19-11-7-6-9(16(2,3)4)8-12(11)20-15/h6-8,10,13H,5,17H2,1-4H3,(H2,18,21)(H,19,20). The molecule has 5 nitrogen and oxygen atoms in total. The maximum atomic E-state index is 11.4. The van der Waals surface area contributed by atoms with E-state index in [4.69, 9.17) is 11.5 Å². The molecular formula is C16H24N4O. The monoisotopic (exact) mass is 288 g/mol. The number of nitrogens with one attached hydrogen (secondary N) is 1. The van der Waals surface area contributed by atoms with E-state index in [9.17, 15) is 4.79 Å². The first kappa shape index (κ1) is 15.5. The lowest BCUT2D eigenvalue weighted by atomic mass is 9.87. The molecule has 1 aromatic heterocycles. The third kappa shape index (κ3) is 3.08. The van der Waals surface area contributed by atoms with Crippen LogP contribution in [0.1, 0.15) is 51.5 Å². The number of benzene rings is 1. The number of fused-ring (bicyclic) bond motifs is 1. The summed E-state index contributed by atoms with van der Waals surface area (Å²) in [6.07, 6.45) is 0.598. The Morgan fingerprint density at radius 3 is 2.57 bits per heavy atom. The molecule has 0 bridgehead atoms. The zero-order chi connectivity index (χ0) is 15.8. The minimum atomic E-state index is -0.502. The van der Waals surface area contributed by atoms with Gasteiger partial charge < -0.3 is 16.5 Å². The lowest BCUT2D eigenvalue weighted by Gasteiger charge is -2.18. The lowest BCUT2D eigenvalue weighted by Crippen LogP contribution is -2.33. The van der Waals surface area contributed by atoms with Crippen molar-refractivity contribution >= 4 is 16.9 Å². The molecule has 1 aromatic carbocycles. The van der Waals surface area contributed by atoms with E-state index in [-0.39, 0.29) is 11.3 Å². The first-order chi connectivity index (χ1) is 9.74. The van der Waals surface area contributed by atoms with Crippen molar-refractivity contribution in [2.45, 2.75) is 45.6 Å². The fraction of sp³-hybridized carbons (Fsp3) is 0.500. The van der Waals surface area contributed by atoms with Gasteiger partial charge in [0.05, 0.1) is 23.0 Å². The van der Waals surface area contributed by atoms with Crippen LogP contribution in [0.2, 0.25) is 0 Å². The van der Waals surface area contributed by atoms with Crippen LogP contribution in [0.3, 0.4) is 0 Å². The van der Waals surface area contributed by atoms with E-state index in [1.54, 1.807) is 0 Å². The van der Waals surface area contributed by atoms with Crippen molar-refractivity contribution in [3.63, 3.8) is 0 Å². The molecule has 2 rings (SSSR count). The van der Waals surface area contributed by atoms with Crippen molar-refractivity contribution in [1.82, 2.24) is 9.97 Å². The van der Waals surface area contributed by atoms with E-state index in [2.05, 4.69) is 42.9 Å². The molecule has 0 saturated carbocycles. The Hall–Kier alpha value is -1.88. The molecule has 2 aromatic rings. The van der Waals surface area contributed by atoms with Gasteiger partial charge in [-0.25, -0.2) is 4.98 Å². The van der Waals surface area contributed by atoms with Crippen LogP contribution in [-0.4, -0.2) is 15.9 Å². The number of hydrogen-bond acceptors (Lipinski definition) is 3. The van der Waals surface area contributed by atoms with E-state index in [1.165, 1.54) is 5.56 Å². The summed E-state index contributed by atoms with van der Waals surface area (Å²) in [5, 5.41) is 0. The fourth-order valence-electron chi connectivity index (χ4n) is 2.48. The molecule has 1 amide bonds. The third-order valence-corrected chi connectivity index (χ3v) is 3.92. The van der Waals surface area contributed by atoms with E-state index in [0.29, 0.717) is 12.2 Å². The minimum Gasteiger partial charge on any atom is -0.369 e. The second kappa shape index (κ2) is 5.48. The van der Waals surface area contributed by atoms with Gasteiger partial charge in [0.2, 0.25) is 5.91 Å². The number of carbonyl (C=O) groups is 1. The lowest BCUT2D eigenvalue weighted by molar-refractivity contribution is -0.122. The third-order valence-electron chi connectivity index (χ3n) is 3.92. The number of hydrogen-bond donors (Lipinski definition) is 3. The molecule has 0 aliphatic rings.